The van der Waals surface area contributed by atoms with Crippen molar-refractivity contribution in [3.05, 3.63) is 30.5 Å². The number of carbonyl (C=O) groups excluding carboxylic acids is 1. The Balaban J connectivity index is 2.38. The smallest absolute Gasteiger partial charge is 0.319 e. The van der Waals surface area contributed by atoms with Gasteiger partial charge in [-0.2, -0.15) is 0 Å². The number of anilines is 1. The van der Waals surface area contributed by atoms with Crippen LogP contribution in [0.25, 0.3) is 11.0 Å². The lowest BCUT2D eigenvalue weighted by Gasteiger charge is -2.00. The molecule has 0 unspecified atom stereocenters. The molecule has 72 valence electrons. The van der Waals surface area contributed by atoms with E-state index in [4.69, 9.17) is 4.42 Å². The fourth-order valence-corrected chi connectivity index (χ4v) is 1.26. The predicted octanol–water partition coefficient (Wildman–Crippen LogP) is 2.18. The zero-order valence-electron chi connectivity index (χ0n) is 7.70. The molecule has 0 fully saturated rings. The Labute approximate surface area is 80.9 Å². The van der Waals surface area contributed by atoms with Crippen molar-refractivity contribution < 1.29 is 9.21 Å². The first-order valence-electron chi connectivity index (χ1n) is 4.26. The normalized spacial score (nSPS) is 10.1. The molecule has 1 aromatic heterocycles. The lowest BCUT2D eigenvalue weighted by molar-refractivity contribution is 0.254. The van der Waals surface area contributed by atoms with E-state index in [1.807, 2.05) is 24.3 Å². The maximum atomic E-state index is 11.1. The standard InChI is InChI=1S/C10H10N2O2/c1-11-10(13)12-8-6-14-9-5-3-2-4-7(8)9/h2-6H,1H3,(H2,11,12,13). The fraction of sp³-hybridized carbons (Fsp3) is 0.100. The van der Waals surface area contributed by atoms with Crippen LogP contribution in [0, 0.1) is 0 Å². The van der Waals surface area contributed by atoms with E-state index < -0.39 is 0 Å². The van der Waals surface area contributed by atoms with E-state index in [0.29, 0.717) is 5.69 Å². The van der Waals surface area contributed by atoms with Crippen molar-refractivity contribution in [2.75, 3.05) is 12.4 Å². The molecule has 0 atom stereocenters. The van der Waals surface area contributed by atoms with Gasteiger partial charge in [-0.25, -0.2) is 4.79 Å². The highest BCUT2D eigenvalue weighted by molar-refractivity contribution is 5.99. The van der Waals surface area contributed by atoms with E-state index in [2.05, 4.69) is 10.6 Å². The summed E-state index contributed by atoms with van der Waals surface area (Å²) >= 11 is 0. The van der Waals surface area contributed by atoms with Crippen LogP contribution in [0.5, 0.6) is 0 Å². The van der Waals surface area contributed by atoms with Gasteiger partial charge in [0, 0.05) is 12.4 Å². The monoisotopic (exact) mass is 190 g/mol. The van der Waals surface area contributed by atoms with Gasteiger partial charge in [0.25, 0.3) is 0 Å². The van der Waals surface area contributed by atoms with Crippen LogP contribution < -0.4 is 10.6 Å². The number of benzene rings is 1. The predicted molar refractivity (Wildman–Crippen MR) is 54.3 cm³/mol. The highest BCUT2D eigenvalue weighted by atomic mass is 16.3. The summed E-state index contributed by atoms with van der Waals surface area (Å²) < 4.78 is 5.25. The lowest BCUT2D eigenvalue weighted by atomic mass is 10.2. The van der Waals surface area contributed by atoms with Crippen LogP contribution in [0.3, 0.4) is 0 Å². The number of hydrogen-bond acceptors (Lipinski definition) is 2. The SMILES string of the molecule is CNC(=O)Nc1coc2ccccc12. The van der Waals surface area contributed by atoms with Crippen molar-refractivity contribution in [3.8, 4) is 0 Å². The number of para-hydroxylation sites is 1. The second-order valence-electron chi connectivity index (χ2n) is 2.85. The van der Waals surface area contributed by atoms with Crippen molar-refractivity contribution >= 4 is 22.7 Å². The molecule has 0 aliphatic carbocycles. The quantitative estimate of drug-likeness (QED) is 0.724. The van der Waals surface area contributed by atoms with Crippen LogP contribution in [0.15, 0.2) is 34.9 Å². The van der Waals surface area contributed by atoms with Crippen LogP contribution in [-0.4, -0.2) is 13.1 Å². The minimum atomic E-state index is -0.253. The summed E-state index contributed by atoms with van der Waals surface area (Å²) in [5.74, 6) is 0. The molecule has 0 bridgehead atoms. The summed E-state index contributed by atoms with van der Waals surface area (Å²) in [6.45, 7) is 0. The Morgan fingerprint density at radius 1 is 1.36 bits per heavy atom. The third-order valence-electron chi connectivity index (χ3n) is 1.96. The highest BCUT2D eigenvalue weighted by Gasteiger charge is 2.06. The molecule has 0 aliphatic heterocycles. The molecule has 14 heavy (non-hydrogen) atoms. The first-order valence-corrected chi connectivity index (χ1v) is 4.26. The van der Waals surface area contributed by atoms with E-state index in [1.165, 1.54) is 6.26 Å². The topological polar surface area (TPSA) is 54.3 Å². The van der Waals surface area contributed by atoms with Gasteiger partial charge in [0.2, 0.25) is 0 Å². The number of carbonyl (C=O) groups is 1. The Bertz CT molecular complexity index is 462. The first-order chi connectivity index (χ1) is 6.81. The van der Waals surface area contributed by atoms with Gasteiger partial charge in [0.1, 0.15) is 11.8 Å². The Morgan fingerprint density at radius 2 is 2.14 bits per heavy atom. The molecule has 2 rings (SSSR count). The molecule has 0 spiro atoms. The molecule has 2 amide bonds. The van der Waals surface area contributed by atoms with Crippen LogP contribution >= 0.6 is 0 Å². The maximum absolute atomic E-state index is 11.1. The Kier molecular flexibility index (Phi) is 2.10. The van der Waals surface area contributed by atoms with E-state index in [-0.39, 0.29) is 6.03 Å². The Hall–Kier alpha value is -1.97. The molecule has 1 aromatic carbocycles. The summed E-state index contributed by atoms with van der Waals surface area (Å²) in [7, 11) is 1.57. The molecule has 0 saturated carbocycles. The third kappa shape index (κ3) is 1.42. The van der Waals surface area contributed by atoms with Crippen LogP contribution in [0.4, 0.5) is 10.5 Å². The molecular formula is C10H10N2O2. The number of hydrogen-bond donors (Lipinski definition) is 2. The van der Waals surface area contributed by atoms with Crippen molar-refractivity contribution in [2.24, 2.45) is 0 Å². The molecule has 4 heteroatoms. The minimum absolute atomic E-state index is 0.253. The van der Waals surface area contributed by atoms with Crippen molar-refractivity contribution in [1.29, 1.82) is 0 Å². The average Bonchev–Trinajstić information content (AvgIpc) is 2.62. The number of fused-ring (bicyclic) bond motifs is 1. The number of rotatable bonds is 1. The minimum Gasteiger partial charge on any atom is -0.462 e. The van der Waals surface area contributed by atoms with Crippen molar-refractivity contribution in [1.82, 2.24) is 5.32 Å². The van der Waals surface area contributed by atoms with Gasteiger partial charge >= 0.3 is 6.03 Å². The van der Waals surface area contributed by atoms with E-state index in [1.54, 1.807) is 7.05 Å². The van der Waals surface area contributed by atoms with Crippen LogP contribution in [0.1, 0.15) is 0 Å². The number of furan rings is 1. The summed E-state index contributed by atoms with van der Waals surface area (Å²) in [4.78, 5) is 11.1. The second-order valence-corrected chi connectivity index (χ2v) is 2.85. The summed E-state index contributed by atoms with van der Waals surface area (Å²) in [5, 5.41) is 6.05. The average molecular weight is 190 g/mol. The fourth-order valence-electron chi connectivity index (χ4n) is 1.26. The molecule has 0 aliphatic rings. The largest absolute Gasteiger partial charge is 0.462 e. The van der Waals surface area contributed by atoms with Gasteiger partial charge in [0.15, 0.2) is 0 Å². The molecule has 0 radical (unpaired) electrons. The zero-order chi connectivity index (χ0) is 9.97. The van der Waals surface area contributed by atoms with Crippen LogP contribution in [0.2, 0.25) is 0 Å². The number of nitrogens with one attached hydrogen (secondary N) is 2. The van der Waals surface area contributed by atoms with E-state index in [9.17, 15) is 4.79 Å². The molecule has 2 N–H and O–H groups in total. The first kappa shape index (κ1) is 8.62. The van der Waals surface area contributed by atoms with Crippen molar-refractivity contribution in [2.45, 2.75) is 0 Å². The van der Waals surface area contributed by atoms with E-state index >= 15 is 0 Å². The molecule has 1 heterocycles. The highest BCUT2D eigenvalue weighted by Crippen LogP contribution is 2.24. The second kappa shape index (κ2) is 3.41. The maximum Gasteiger partial charge on any atom is 0.319 e. The zero-order valence-corrected chi connectivity index (χ0v) is 7.70. The van der Waals surface area contributed by atoms with Gasteiger partial charge in [-0.3, -0.25) is 0 Å². The van der Waals surface area contributed by atoms with Gasteiger partial charge in [-0.05, 0) is 12.1 Å². The van der Waals surface area contributed by atoms with Crippen molar-refractivity contribution in [3.63, 3.8) is 0 Å². The van der Waals surface area contributed by atoms with Gasteiger partial charge in [-0.15, -0.1) is 0 Å². The summed E-state index contributed by atoms with van der Waals surface area (Å²) in [6, 6.07) is 7.27. The van der Waals surface area contributed by atoms with E-state index in [0.717, 1.165) is 11.0 Å². The molecule has 0 saturated heterocycles. The number of amides is 2. The third-order valence-corrected chi connectivity index (χ3v) is 1.96. The lowest BCUT2D eigenvalue weighted by Crippen LogP contribution is -2.24. The molecular weight excluding hydrogens is 180 g/mol. The van der Waals surface area contributed by atoms with Gasteiger partial charge in [0.05, 0.1) is 5.69 Å². The molecule has 4 nitrogen and oxygen atoms in total. The Morgan fingerprint density at radius 3 is 2.93 bits per heavy atom. The molecule has 2 aromatic rings. The van der Waals surface area contributed by atoms with Gasteiger partial charge < -0.3 is 15.1 Å². The van der Waals surface area contributed by atoms with Crippen LogP contribution in [-0.2, 0) is 0 Å². The number of urea groups is 1. The summed E-state index contributed by atoms with van der Waals surface area (Å²) in [5.41, 5.74) is 1.44. The summed E-state index contributed by atoms with van der Waals surface area (Å²) in [6.07, 6.45) is 1.53. The van der Waals surface area contributed by atoms with Gasteiger partial charge in [-0.1, -0.05) is 12.1 Å².